The zero-order valence-electron chi connectivity index (χ0n) is 18.8. The zero-order chi connectivity index (χ0) is 23.4. The number of carbonyl (C=O) groups is 2. The molecule has 1 saturated heterocycles. The normalized spacial score (nSPS) is 14.3. The molecule has 3 aromatic rings. The Morgan fingerprint density at radius 1 is 1.06 bits per heavy atom. The predicted molar refractivity (Wildman–Crippen MR) is 134 cm³/mol. The molecule has 33 heavy (non-hydrogen) atoms. The van der Waals surface area contributed by atoms with Crippen LogP contribution in [0.5, 0.6) is 0 Å². The van der Waals surface area contributed by atoms with Gasteiger partial charge in [0, 0.05) is 42.5 Å². The molecule has 2 heterocycles. The summed E-state index contributed by atoms with van der Waals surface area (Å²) in [6.07, 6.45) is 0.869. The topological polar surface area (TPSA) is 65.5 Å². The van der Waals surface area contributed by atoms with E-state index < -0.39 is 0 Å². The second kappa shape index (κ2) is 10.5. The van der Waals surface area contributed by atoms with Gasteiger partial charge < -0.3 is 10.2 Å². The van der Waals surface area contributed by atoms with E-state index >= 15 is 0 Å². The second-order valence-corrected chi connectivity index (χ2v) is 9.50. The predicted octanol–water partition coefficient (Wildman–Crippen LogP) is 4.73. The van der Waals surface area contributed by atoms with Gasteiger partial charge in [-0.05, 0) is 37.1 Å². The van der Waals surface area contributed by atoms with Crippen LogP contribution < -0.4 is 5.32 Å². The van der Waals surface area contributed by atoms with Crippen LogP contribution in [0.1, 0.15) is 27.9 Å². The maximum Gasteiger partial charge on any atom is 0.265 e. The summed E-state index contributed by atoms with van der Waals surface area (Å²) in [5.41, 5.74) is 3.69. The lowest BCUT2D eigenvalue weighted by Gasteiger charge is -2.34. The molecule has 1 aliphatic rings. The van der Waals surface area contributed by atoms with E-state index in [0.29, 0.717) is 42.6 Å². The molecule has 1 aliphatic heterocycles. The fourth-order valence-electron chi connectivity index (χ4n) is 3.91. The number of thiazole rings is 1. The second-order valence-electron chi connectivity index (χ2n) is 8.07. The van der Waals surface area contributed by atoms with Crippen molar-refractivity contribution in [1.29, 1.82) is 0 Å². The van der Waals surface area contributed by atoms with Gasteiger partial charge in [0.1, 0.15) is 9.88 Å². The van der Waals surface area contributed by atoms with Crippen molar-refractivity contribution in [2.75, 3.05) is 38.0 Å². The molecule has 0 radical (unpaired) electrons. The molecule has 0 unspecified atom stereocenters. The fourth-order valence-corrected chi connectivity index (χ4v) is 5.07. The molecule has 1 aromatic heterocycles. The number of nitrogens with zero attached hydrogens (tertiary/aromatic N) is 3. The highest BCUT2D eigenvalue weighted by molar-refractivity contribution is 7.17. The molecule has 0 saturated carbocycles. The summed E-state index contributed by atoms with van der Waals surface area (Å²) >= 11 is 7.39. The molecule has 1 N–H and O–H groups in total. The average Bonchev–Trinajstić information content (AvgIpc) is 3.21. The van der Waals surface area contributed by atoms with Crippen LogP contribution >= 0.6 is 22.9 Å². The average molecular weight is 483 g/mol. The van der Waals surface area contributed by atoms with Crippen molar-refractivity contribution < 1.29 is 9.59 Å². The van der Waals surface area contributed by atoms with Crippen molar-refractivity contribution in [2.45, 2.75) is 20.3 Å². The molecular weight excluding hydrogens is 456 g/mol. The Bertz CT molecular complexity index is 1140. The number of aryl methyl sites for hydroxylation is 2. The first kappa shape index (κ1) is 23.4. The van der Waals surface area contributed by atoms with E-state index in [0.717, 1.165) is 33.9 Å². The number of amides is 2. The van der Waals surface area contributed by atoms with Gasteiger partial charge >= 0.3 is 0 Å². The number of nitrogens with one attached hydrogen (secondary N) is 1. The van der Waals surface area contributed by atoms with Crippen molar-refractivity contribution in [3.8, 4) is 10.6 Å². The van der Waals surface area contributed by atoms with Crippen molar-refractivity contribution in [1.82, 2.24) is 14.8 Å². The highest BCUT2D eigenvalue weighted by Crippen LogP contribution is 2.30. The number of anilines is 1. The molecule has 8 heteroatoms. The van der Waals surface area contributed by atoms with E-state index in [1.165, 1.54) is 11.3 Å². The number of rotatable bonds is 6. The minimum Gasteiger partial charge on any atom is -0.335 e. The van der Waals surface area contributed by atoms with Crippen LogP contribution in [0, 0.1) is 6.92 Å². The lowest BCUT2D eigenvalue weighted by molar-refractivity contribution is -0.117. The van der Waals surface area contributed by atoms with Crippen LogP contribution in [0.3, 0.4) is 0 Å². The van der Waals surface area contributed by atoms with Gasteiger partial charge in [0.15, 0.2) is 0 Å². The van der Waals surface area contributed by atoms with E-state index in [1.807, 2.05) is 60.4 Å². The number of hydrogen-bond donors (Lipinski definition) is 1. The zero-order valence-corrected chi connectivity index (χ0v) is 20.4. The SMILES string of the molecule is CCc1ccccc1NC(=O)CN1CCN(C(=O)c2sc(-c3ccc(Cl)cc3)nc2C)CC1. The molecule has 0 bridgehead atoms. The van der Waals surface area contributed by atoms with Gasteiger partial charge in [-0.25, -0.2) is 4.98 Å². The summed E-state index contributed by atoms with van der Waals surface area (Å²) in [6, 6.07) is 15.3. The molecule has 6 nitrogen and oxygen atoms in total. The third kappa shape index (κ3) is 5.61. The fraction of sp³-hybridized carbons (Fsp3) is 0.320. The van der Waals surface area contributed by atoms with E-state index in [4.69, 9.17) is 11.6 Å². The van der Waals surface area contributed by atoms with Crippen LogP contribution in [0.15, 0.2) is 48.5 Å². The molecule has 0 spiro atoms. The first-order valence-electron chi connectivity index (χ1n) is 11.1. The summed E-state index contributed by atoms with van der Waals surface area (Å²) in [4.78, 5) is 34.9. The number of para-hydroxylation sites is 1. The van der Waals surface area contributed by atoms with Crippen LogP contribution in [0.2, 0.25) is 5.02 Å². The molecule has 2 aromatic carbocycles. The maximum absolute atomic E-state index is 13.1. The van der Waals surface area contributed by atoms with Crippen molar-refractivity contribution >= 4 is 40.4 Å². The first-order chi connectivity index (χ1) is 15.9. The van der Waals surface area contributed by atoms with E-state index in [1.54, 1.807) is 0 Å². The van der Waals surface area contributed by atoms with Crippen LogP contribution in [-0.2, 0) is 11.2 Å². The summed E-state index contributed by atoms with van der Waals surface area (Å²) in [7, 11) is 0. The van der Waals surface area contributed by atoms with Gasteiger partial charge in [0.2, 0.25) is 5.91 Å². The summed E-state index contributed by atoms with van der Waals surface area (Å²) < 4.78 is 0. The number of benzene rings is 2. The van der Waals surface area contributed by atoms with Crippen molar-refractivity contribution in [2.24, 2.45) is 0 Å². The largest absolute Gasteiger partial charge is 0.335 e. The van der Waals surface area contributed by atoms with Crippen molar-refractivity contribution in [3.63, 3.8) is 0 Å². The Kier molecular flexibility index (Phi) is 7.42. The molecule has 1 fully saturated rings. The monoisotopic (exact) mass is 482 g/mol. The summed E-state index contributed by atoms with van der Waals surface area (Å²) in [5, 5.41) is 4.51. The Morgan fingerprint density at radius 2 is 1.76 bits per heavy atom. The van der Waals surface area contributed by atoms with Gasteiger partial charge in [-0.15, -0.1) is 11.3 Å². The van der Waals surface area contributed by atoms with Gasteiger partial charge in [0.05, 0.1) is 12.2 Å². The number of aromatic nitrogens is 1. The number of hydrogen-bond acceptors (Lipinski definition) is 5. The van der Waals surface area contributed by atoms with Crippen LogP contribution in [0.4, 0.5) is 5.69 Å². The third-order valence-corrected chi connectivity index (χ3v) is 7.23. The molecule has 0 aliphatic carbocycles. The molecule has 172 valence electrons. The number of halogens is 1. The van der Waals surface area contributed by atoms with E-state index in [9.17, 15) is 9.59 Å². The Balaban J connectivity index is 1.33. The number of carbonyl (C=O) groups excluding carboxylic acids is 2. The highest BCUT2D eigenvalue weighted by atomic mass is 35.5. The van der Waals surface area contributed by atoms with Gasteiger partial charge in [-0.1, -0.05) is 48.9 Å². The smallest absolute Gasteiger partial charge is 0.265 e. The minimum absolute atomic E-state index is 0.00573. The Hall–Kier alpha value is -2.74. The Morgan fingerprint density at radius 3 is 2.45 bits per heavy atom. The molecule has 2 amide bonds. The van der Waals surface area contributed by atoms with Crippen LogP contribution in [-0.4, -0.2) is 59.3 Å². The van der Waals surface area contributed by atoms with Crippen LogP contribution in [0.25, 0.3) is 10.6 Å². The van der Waals surface area contributed by atoms with Gasteiger partial charge in [0.25, 0.3) is 5.91 Å². The minimum atomic E-state index is -0.0263. The summed E-state index contributed by atoms with van der Waals surface area (Å²) in [6.45, 7) is 6.77. The Labute approximate surface area is 203 Å². The van der Waals surface area contributed by atoms with E-state index in [2.05, 4.69) is 22.1 Å². The highest BCUT2D eigenvalue weighted by Gasteiger charge is 2.26. The molecule has 0 atom stereocenters. The van der Waals surface area contributed by atoms with Crippen molar-refractivity contribution in [3.05, 3.63) is 69.7 Å². The lowest BCUT2D eigenvalue weighted by atomic mass is 10.1. The maximum atomic E-state index is 13.1. The first-order valence-corrected chi connectivity index (χ1v) is 12.3. The molecule has 4 rings (SSSR count). The summed E-state index contributed by atoms with van der Waals surface area (Å²) in [5.74, 6) is -0.0206. The van der Waals surface area contributed by atoms with Gasteiger partial charge in [-0.2, -0.15) is 0 Å². The lowest BCUT2D eigenvalue weighted by Crippen LogP contribution is -2.50. The molecular formula is C25H27ClN4O2S. The standard InChI is InChI=1S/C25H27ClN4O2S/c1-3-18-6-4-5-7-21(18)28-22(31)16-29-12-14-30(15-13-29)25(32)23-17(2)27-24(33-23)19-8-10-20(26)11-9-19/h4-11H,3,12-16H2,1-2H3,(H,28,31). The number of piperazine rings is 1. The van der Waals surface area contributed by atoms with Gasteiger partial charge in [-0.3, -0.25) is 14.5 Å². The third-order valence-electron chi connectivity index (χ3n) is 5.78. The van der Waals surface area contributed by atoms with E-state index in [-0.39, 0.29) is 11.8 Å². The quantitative estimate of drug-likeness (QED) is 0.551.